The number of H-pyrrole nitrogens is 1. The van der Waals surface area contributed by atoms with Gasteiger partial charge in [0.1, 0.15) is 5.69 Å². The van der Waals surface area contributed by atoms with Crippen molar-refractivity contribution in [1.29, 1.82) is 0 Å². The van der Waals surface area contributed by atoms with Gasteiger partial charge in [-0.15, -0.1) is 0 Å². The highest BCUT2D eigenvalue weighted by Crippen LogP contribution is 2.11. The quantitative estimate of drug-likeness (QED) is 0.797. The zero-order chi connectivity index (χ0) is 14.5. The van der Waals surface area contributed by atoms with Gasteiger partial charge >= 0.3 is 0 Å². The Hall–Kier alpha value is -2.56. The van der Waals surface area contributed by atoms with Crippen LogP contribution in [0.4, 0.5) is 5.69 Å². The summed E-state index contributed by atoms with van der Waals surface area (Å²) in [6.07, 6.45) is 0. The number of carbonyl (C=O) groups excluding carboxylic acids is 2. The highest BCUT2D eigenvalue weighted by Gasteiger charge is 2.07. The standard InChI is InChI=1S/C15H17N3O2/c1-10-3-8-14(17-10)15(20)18-13-6-4-12(5-7-13)9-16-11(2)19/h3-8,17H,9H2,1-2H3,(H,16,19)(H,18,20). The number of aromatic amines is 1. The number of benzene rings is 1. The second kappa shape index (κ2) is 6.06. The van der Waals surface area contributed by atoms with Crippen LogP contribution in [0.2, 0.25) is 0 Å². The van der Waals surface area contributed by atoms with Gasteiger partial charge in [-0.3, -0.25) is 9.59 Å². The van der Waals surface area contributed by atoms with Gasteiger partial charge in [0.25, 0.3) is 5.91 Å². The molecule has 5 heteroatoms. The Balaban J connectivity index is 1.96. The molecule has 0 aliphatic heterocycles. The van der Waals surface area contributed by atoms with Crippen molar-refractivity contribution in [3.05, 3.63) is 53.3 Å². The molecule has 2 rings (SSSR count). The largest absolute Gasteiger partial charge is 0.355 e. The van der Waals surface area contributed by atoms with E-state index in [-0.39, 0.29) is 11.8 Å². The van der Waals surface area contributed by atoms with E-state index in [4.69, 9.17) is 0 Å². The number of carbonyl (C=O) groups is 2. The molecule has 0 radical (unpaired) electrons. The van der Waals surface area contributed by atoms with Crippen LogP contribution in [-0.2, 0) is 11.3 Å². The molecule has 20 heavy (non-hydrogen) atoms. The van der Waals surface area contributed by atoms with Crippen LogP contribution < -0.4 is 10.6 Å². The van der Waals surface area contributed by atoms with Gasteiger partial charge in [0.05, 0.1) is 0 Å². The van der Waals surface area contributed by atoms with Crippen molar-refractivity contribution < 1.29 is 9.59 Å². The smallest absolute Gasteiger partial charge is 0.272 e. The van der Waals surface area contributed by atoms with Gasteiger partial charge in [0.15, 0.2) is 0 Å². The maximum absolute atomic E-state index is 11.9. The van der Waals surface area contributed by atoms with E-state index >= 15 is 0 Å². The van der Waals surface area contributed by atoms with Crippen LogP contribution in [0, 0.1) is 6.92 Å². The van der Waals surface area contributed by atoms with Gasteiger partial charge in [-0.25, -0.2) is 0 Å². The topological polar surface area (TPSA) is 74.0 Å². The van der Waals surface area contributed by atoms with E-state index in [0.29, 0.717) is 17.9 Å². The molecule has 0 spiro atoms. The highest BCUT2D eigenvalue weighted by molar-refractivity contribution is 6.03. The first-order chi connectivity index (χ1) is 9.54. The second-order valence-electron chi connectivity index (χ2n) is 4.62. The van der Waals surface area contributed by atoms with Crippen molar-refractivity contribution in [2.24, 2.45) is 0 Å². The first-order valence-corrected chi connectivity index (χ1v) is 6.35. The molecule has 1 heterocycles. The molecule has 5 nitrogen and oxygen atoms in total. The Morgan fingerprint density at radius 2 is 1.80 bits per heavy atom. The third-order valence-corrected chi connectivity index (χ3v) is 2.83. The summed E-state index contributed by atoms with van der Waals surface area (Å²) in [4.78, 5) is 25.7. The summed E-state index contributed by atoms with van der Waals surface area (Å²) in [6.45, 7) is 3.86. The van der Waals surface area contributed by atoms with Crippen molar-refractivity contribution in [3.8, 4) is 0 Å². The molecule has 1 aromatic heterocycles. The lowest BCUT2D eigenvalue weighted by Gasteiger charge is -2.06. The summed E-state index contributed by atoms with van der Waals surface area (Å²) < 4.78 is 0. The Morgan fingerprint density at radius 1 is 1.10 bits per heavy atom. The summed E-state index contributed by atoms with van der Waals surface area (Å²) >= 11 is 0. The summed E-state index contributed by atoms with van der Waals surface area (Å²) in [5, 5.41) is 5.53. The van der Waals surface area contributed by atoms with Gasteiger partial charge in [-0.2, -0.15) is 0 Å². The molecule has 0 unspecified atom stereocenters. The lowest BCUT2D eigenvalue weighted by Crippen LogP contribution is -2.18. The predicted molar refractivity (Wildman–Crippen MR) is 77.4 cm³/mol. The van der Waals surface area contributed by atoms with Gasteiger partial charge < -0.3 is 15.6 Å². The molecule has 0 saturated carbocycles. The Kier molecular flexibility index (Phi) is 4.20. The minimum absolute atomic E-state index is 0.0653. The van der Waals surface area contributed by atoms with Crippen LogP contribution >= 0.6 is 0 Å². The fraction of sp³-hybridized carbons (Fsp3) is 0.200. The van der Waals surface area contributed by atoms with Gasteiger partial charge in [-0.05, 0) is 36.8 Å². The first-order valence-electron chi connectivity index (χ1n) is 6.35. The van der Waals surface area contributed by atoms with Crippen molar-refractivity contribution in [2.75, 3.05) is 5.32 Å². The molecule has 0 aliphatic rings. The predicted octanol–water partition coefficient (Wildman–Crippen LogP) is 2.21. The third-order valence-electron chi connectivity index (χ3n) is 2.83. The summed E-state index contributed by atoms with van der Waals surface area (Å²) in [5.41, 5.74) is 3.17. The lowest BCUT2D eigenvalue weighted by molar-refractivity contribution is -0.119. The van der Waals surface area contributed by atoms with Crippen LogP contribution in [0.3, 0.4) is 0 Å². The molecule has 0 aliphatic carbocycles. The number of aryl methyl sites for hydroxylation is 1. The normalized spacial score (nSPS) is 10.1. The van der Waals surface area contributed by atoms with Crippen LogP contribution in [0.25, 0.3) is 0 Å². The van der Waals surface area contributed by atoms with Crippen molar-refractivity contribution >= 4 is 17.5 Å². The zero-order valence-corrected chi connectivity index (χ0v) is 11.5. The van der Waals surface area contributed by atoms with Gasteiger partial charge in [0.2, 0.25) is 5.91 Å². The fourth-order valence-electron chi connectivity index (χ4n) is 1.77. The molecule has 2 aromatic rings. The van der Waals surface area contributed by atoms with Crippen LogP contribution in [0.15, 0.2) is 36.4 Å². The molecule has 1 aromatic carbocycles. The van der Waals surface area contributed by atoms with Crippen molar-refractivity contribution in [3.63, 3.8) is 0 Å². The first kappa shape index (κ1) is 13.9. The molecule has 0 fully saturated rings. The van der Waals surface area contributed by atoms with Crippen LogP contribution in [0.5, 0.6) is 0 Å². The number of aromatic nitrogens is 1. The monoisotopic (exact) mass is 271 g/mol. The maximum atomic E-state index is 11.9. The van der Waals surface area contributed by atoms with E-state index in [1.54, 1.807) is 6.07 Å². The van der Waals surface area contributed by atoms with E-state index in [2.05, 4.69) is 15.6 Å². The molecule has 104 valence electrons. The molecular weight excluding hydrogens is 254 g/mol. The van der Waals surface area contributed by atoms with E-state index in [0.717, 1.165) is 11.3 Å². The highest BCUT2D eigenvalue weighted by atomic mass is 16.2. The summed E-state index contributed by atoms with van der Waals surface area (Å²) in [7, 11) is 0. The lowest BCUT2D eigenvalue weighted by atomic mass is 10.2. The minimum Gasteiger partial charge on any atom is -0.355 e. The Morgan fingerprint density at radius 3 is 2.35 bits per heavy atom. The van der Waals surface area contributed by atoms with Gasteiger partial charge in [0, 0.05) is 24.8 Å². The third kappa shape index (κ3) is 3.71. The van der Waals surface area contributed by atoms with E-state index in [1.807, 2.05) is 37.3 Å². The van der Waals surface area contributed by atoms with E-state index < -0.39 is 0 Å². The minimum atomic E-state index is -0.173. The molecule has 0 atom stereocenters. The van der Waals surface area contributed by atoms with Crippen molar-refractivity contribution in [2.45, 2.75) is 20.4 Å². The summed E-state index contributed by atoms with van der Waals surface area (Å²) in [6, 6.07) is 11.0. The molecular formula is C15H17N3O2. The second-order valence-corrected chi connectivity index (χ2v) is 4.62. The van der Waals surface area contributed by atoms with Crippen molar-refractivity contribution in [1.82, 2.24) is 10.3 Å². The number of amides is 2. The number of hydrogen-bond donors (Lipinski definition) is 3. The Bertz CT molecular complexity index is 614. The number of hydrogen-bond acceptors (Lipinski definition) is 2. The number of rotatable bonds is 4. The van der Waals surface area contributed by atoms with Gasteiger partial charge in [-0.1, -0.05) is 12.1 Å². The average molecular weight is 271 g/mol. The van der Waals surface area contributed by atoms with Crippen LogP contribution in [0.1, 0.15) is 28.7 Å². The van der Waals surface area contributed by atoms with Crippen LogP contribution in [-0.4, -0.2) is 16.8 Å². The number of anilines is 1. The van der Waals surface area contributed by atoms with E-state index in [9.17, 15) is 9.59 Å². The molecule has 2 amide bonds. The average Bonchev–Trinajstić information content (AvgIpc) is 2.85. The summed E-state index contributed by atoms with van der Waals surface area (Å²) in [5.74, 6) is -0.239. The molecule has 0 saturated heterocycles. The Labute approximate surface area is 117 Å². The maximum Gasteiger partial charge on any atom is 0.272 e. The number of nitrogens with one attached hydrogen (secondary N) is 3. The zero-order valence-electron chi connectivity index (χ0n) is 11.5. The fourth-order valence-corrected chi connectivity index (χ4v) is 1.77. The SMILES string of the molecule is CC(=O)NCc1ccc(NC(=O)c2ccc(C)[nH]2)cc1. The molecule has 3 N–H and O–H groups in total. The molecule has 0 bridgehead atoms. The van der Waals surface area contributed by atoms with E-state index in [1.165, 1.54) is 6.92 Å².